The highest BCUT2D eigenvalue weighted by Gasteiger charge is 2.36. The third kappa shape index (κ3) is 2.89. The zero-order chi connectivity index (χ0) is 14.6. The number of rotatable bonds is 5. The van der Waals surface area contributed by atoms with Gasteiger partial charge in [0.25, 0.3) is 0 Å². The molecule has 1 aliphatic rings. The van der Waals surface area contributed by atoms with Crippen LogP contribution < -0.4 is 0 Å². The Morgan fingerprint density at radius 3 is 2.45 bits per heavy atom. The van der Waals surface area contributed by atoms with Crippen LogP contribution in [0.4, 0.5) is 0 Å². The fraction of sp³-hybridized carbons (Fsp3) is 0.588. The van der Waals surface area contributed by atoms with E-state index in [1.807, 2.05) is 0 Å². The van der Waals surface area contributed by atoms with Crippen molar-refractivity contribution in [1.29, 1.82) is 0 Å². The molecule has 20 heavy (non-hydrogen) atoms. The average molecular weight is 336 g/mol. The van der Waals surface area contributed by atoms with Crippen LogP contribution in [0.1, 0.15) is 69.4 Å². The molecule has 2 nitrogen and oxygen atoms in total. The number of carbonyl (C=O) groups excluding carboxylic acids is 1. The zero-order valence-corrected chi connectivity index (χ0v) is 13.9. The lowest BCUT2D eigenvalue weighted by atomic mass is 9.86. The molecule has 2 rings (SSSR count). The quantitative estimate of drug-likeness (QED) is 0.519. The lowest BCUT2D eigenvalue weighted by Gasteiger charge is -2.24. The smallest absolute Gasteiger partial charge is 0.211 e. The molecule has 0 saturated heterocycles. The summed E-state index contributed by atoms with van der Waals surface area (Å²) in [7, 11) is 0. The summed E-state index contributed by atoms with van der Waals surface area (Å²) >= 11 is 3.71. The summed E-state index contributed by atoms with van der Waals surface area (Å²) in [5.74, 6) is 0.590. The first kappa shape index (κ1) is 15.5. The van der Waals surface area contributed by atoms with Crippen molar-refractivity contribution in [3.63, 3.8) is 0 Å². The molecule has 1 aromatic rings. The van der Waals surface area contributed by atoms with Gasteiger partial charge in [0.2, 0.25) is 6.08 Å². The first-order valence-electron chi connectivity index (χ1n) is 7.55. The summed E-state index contributed by atoms with van der Waals surface area (Å²) in [4.78, 5) is 14.9. The van der Waals surface area contributed by atoms with E-state index in [1.54, 1.807) is 6.08 Å². The van der Waals surface area contributed by atoms with Gasteiger partial charge in [-0.05, 0) is 48.8 Å². The average Bonchev–Trinajstić information content (AvgIpc) is 2.92. The number of benzene rings is 1. The topological polar surface area (TPSA) is 29.4 Å². The third-order valence-electron chi connectivity index (χ3n) is 4.65. The van der Waals surface area contributed by atoms with Crippen molar-refractivity contribution in [1.82, 2.24) is 0 Å². The highest BCUT2D eigenvalue weighted by molar-refractivity contribution is 9.10. The van der Waals surface area contributed by atoms with Gasteiger partial charge in [-0.25, -0.2) is 4.79 Å². The predicted octanol–water partition coefficient (Wildman–Crippen LogP) is 5.46. The van der Waals surface area contributed by atoms with E-state index in [4.69, 9.17) is 0 Å². The van der Waals surface area contributed by atoms with Gasteiger partial charge >= 0.3 is 0 Å². The Balaban J connectivity index is 2.39. The maximum atomic E-state index is 10.8. The van der Waals surface area contributed by atoms with E-state index in [2.05, 4.69) is 53.0 Å². The van der Waals surface area contributed by atoms with E-state index in [0.717, 1.165) is 48.6 Å². The van der Waals surface area contributed by atoms with Crippen LogP contribution in [-0.2, 0) is 10.3 Å². The van der Waals surface area contributed by atoms with Crippen molar-refractivity contribution in [3.05, 3.63) is 33.8 Å². The van der Waals surface area contributed by atoms with E-state index in [-0.39, 0.29) is 5.54 Å². The summed E-state index contributed by atoms with van der Waals surface area (Å²) < 4.78 is 1.15. The number of nitrogens with zero attached hydrogens (tertiary/aromatic N) is 1. The van der Waals surface area contributed by atoms with Crippen LogP contribution >= 0.6 is 15.9 Å². The number of isocyanates is 1. The van der Waals surface area contributed by atoms with Crippen molar-refractivity contribution in [2.24, 2.45) is 4.99 Å². The molecule has 0 atom stereocenters. The summed E-state index contributed by atoms with van der Waals surface area (Å²) in [5.41, 5.74) is 2.19. The minimum absolute atomic E-state index is 0.323. The van der Waals surface area contributed by atoms with Gasteiger partial charge in [0.15, 0.2) is 0 Å². The maximum Gasteiger partial charge on any atom is 0.235 e. The molecular weight excluding hydrogens is 314 g/mol. The van der Waals surface area contributed by atoms with Crippen LogP contribution in [-0.4, -0.2) is 6.08 Å². The summed E-state index contributed by atoms with van der Waals surface area (Å²) in [6.07, 6.45) is 8.26. The highest BCUT2D eigenvalue weighted by atomic mass is 79.9. The van der Waals surface area contributed by atoms with Gasteiger partial charge in [0.05, 0.1) is 5.54 Å². The van der Waals surface area contributed by atoms with Crippen molar-refractivity contribution in [3.8, 4) is 0 Å². The zero-order valence-electron chi connectivity index (χ0n) is 12.3. The first-order chi connectivity index (χ1) is 9.66. The number of halogens is 1. The van der Waals surface area contributed by atoms with E-state index < -0.39 is 0 Å². The molecule has 0 spiro atoms. The van der Waals surface area contributed by atoms with Gasteiger partial charge < -0.3 is 0 Å². The third-order valence-corrected chi connectivity index (χ3v) is 5.34. The first-order valence-corrected chi connectivity index (χ1v) is 8.35. The van der Waals surface area contributed by atoms with Crippen LogP contribution in [0.3, 0.4) is 0 Å². The minimum atomic E-state index is -0.323. The molecule has 0 unspecified atom stereocenters. The van der Waals surface area contributed by atoms with Gasteiger partial charge in [-0.15, -0.1) is 0 Å². The molecule has 0 aromatic heterocycles. The molecule has 0 bridgehead atoms. The second-order valence-electron chi connectivity index (χ2n) is 5.69. The lowest BCUT2D eigenvalue weighted by molar-refractivity contribution is 0.455. The molecule has 0 aliphatic heterocycles. The predicted molar refractivity (Wildman–Crippen MR) is 85.7 cm³/mol. The van der Waals surface area contributed by atoms with Crippen LogP contribution in [0.15, 0.2) is 27.7 Å². The normalized spacial score (nSPS) is 17.2. The number of aliphatic imine (C=N–C) groups is 1. The minimum Gasteiger partial charge on any atom is -0.211 e. The molecule has 1 aliphatic carbocycles. The van der Waals surface area contributed by atoms with Gasteiger partial charge in [0, 0.05) is 4.47 Å². The Kier molecular flexibility index (Phi) is 5.17. The van der Waals surface area contributed by atoms with Crippen molar-refractivity contribution in [2.75, 3.05) is 0 Å². The monoisotopic (exact) mass is 335 g/mol. The molecule has 0 amide bonds. The summed E-state index contributed by atoms with van der Waals surface area (Å²) in [5, 5.41) is 0. The van der Waals surface area contributed by atoms with Crippen molar-refractivity contribution in [2.45, 2.75) is 63.8 Å². The number of hydrogen-bond donors (Lipinski definition) is 0. The Bertz CT molecular complexity index is 510. The fourth-order valence-electron chi connectivity index (χ4n) is 3.39. The van der Waals surface area contributed by atoms with E-state index in [1.165, 1.54) is 5.56 Å². The molecule has 1 saturated carbocycles. The lowest BCUT2D eigenvalue weighted by Crippen LogP contribution is -2.19. The second kappa shape index (κ2) is 6.69. The molecule has 0 heterocycles. The van der Waals surface area contributed by atoms with E-state index in [0.29, 0.717) is 5.92 Å². The molecule has 108 valence electrons. The highest BCUT2D eigenvalue weighted by Crippen LogP contribution is 2.43. The van der Waals surface area contributed by atoms with Gasteiger partial charge in [-0.2, -0.15) is 4.99 Å². The summed E-state index contributed by atoms with van der Waals surface area (Å²) in [6, 6.07) is 6.53. The van der Waals surface area contributed by atoms with Crippen LogP contribution in [0.2, 0.25) is 0 Å². The number of hydrogen-bond acceptors (Lipinski definition) is 2. The van der Waals surface area contributed by atoms with Gasteiger partial charge in [0.1, 0.15) is 0 Å². The van der Waals surface area contributed by atoms with Crippen molar-refractivity contribution < 1.29 is 4.79 Å². The van der Waals surface area contributed by atoms with Crippen molar-refractivity contribution >= 4 is 22.0 Å². The Hall–Kier alpha value is -0.920. The van der Waals surface area contributed by atoms with E-state index >= 15 is 0 Å². The molecule has 3 heteroatoms. The van der Waals surface area contributed by atoms with E-state index in [9.17, 15) is 4.79 Å². The van der Waals surface area contributed by atoms with Gasteiger partial charge in [-0.3, -0.25) is 0 Å². The molecular formula is C17H22BrNO. The van der Waals surface area contributed by atoms with Crippen LogP contribution in [0.25, 0.3) is 0 Å². The molecule has 1 fully saturated rings. The SMILES string of the molecule is CCC(CC)c1ccc(C2(N=C=O)CCCC2)cc1Br. The largest absolute Gasteiger partial charge is 0.235 e. The Morgan fingerprint density at radius 1 is 1.30 bits per heavy atom. The van der Waals surface area contributed by atoms with Crippen LogP contribution in [0, 0.1) is 0 Å². The maximum absolute atomic E-state index is 10.8. The fourth-order valence-corrected chi connectivity index (χ4v) is 4.09. The molecule has 1 aromatic carbocycles. The Morgan fingerprint density at radius 2 is 1.95 bits per heavy atom. The molecule has 0 radical (unpaired) electrons. The standard InChI is InChI=1S/C17H22BrNO/c1-3-13(4-2)15-8-7-14(11-16(15)18)17(19-12-20)9-5-6-10-17/h7-8,11,13H,3-6,9-10H2,1-2H3. The second-order valence-corrected chi connectivity index (χ2v) is 6.55. The summed E-state index contributed by atoms with van der Waals surface area (Å²) in [6.45, 7) is 4.45. The Labute approximate surface area is 129 Å². The van der Waals surface area contributed by atoms with Gasteiger partial charge in [-0.1, -0.05) is 54.8 Å². The van der Waals surface area contributed by atoms with Crippen LogP contribution in [0.5, 0.6) is 0 Å². The molecule has 0 N–H and O–H groups in total.